The first-order valence-corrected chi connectivity index (χ1v) is 5.06. The van der Waals surface area contributed by atoms with E-state index in [9.17, 15) is 8.78 Å². The van der Waals surface area contributed by atoms with Crippen LogP contribution in [0.3, 0.4) is 0 Å². The minimum absolute atomic E-state index is 0.0460. The van der Waals surface area contributed by atoms with Crippen LogP contribution in [-0.4, -0.2) is 31.0 Å². The minimum Gasteiger partial charge on any atom is -0.297 e. The highest BCUT2D eigenvalue weighted by atomic mass is 19.3. The topological polar surface area (TPSA) is 3.24 Å². The Morgan fingerprint density at radius 2 is 2.15 bits per heavy atom. The van der Waals surface area contributed by atoms with Gasteiger partial charge < -0.3 is 0 Å². The minimum atomic E-state index is -2.18. The zero-order valence-electron chi connectivity index (χ0n) is 8.52. The molecule has 1 fully saturated rings. The lowest BCUT2D eigenvalue weighted by atomic mass is 9.80. The van der Waals surface area contributed by atoms with Gasteiger partial charge in [-0.05, 0) is 31.2 Å². The fraction of sp³-hybridized carbons (Fsp3) is 1.00. The normalized spacial score (nSPS) is 31.2. The molecule has 1 rings (SSSR count). The molecule has 0 aromatic carbocycles. The molecule has 78 valence electrons. The second-order valence-corrected chi connectivity index (χ2v) is 4.39. The van der Waals surface area contributed by atoms with Gasteiger partial charge in [0, 0.05) is 6.54 Å². The Balaban J connectivity index is 2.42. The largest absolute Gasteiger partial charge is 0.297 e. The maximum absolute atomic E-state index is 12.1. The Kier molecular flexibility index (Phi) is 3.65. The molecule has 1 unspecified atom stereocenters. The molecule has 1 aliphatic rings. The van der Waals surface area contributed by atoms with E-state index in [0.29, 0.717) is 0 Å². The van der Waals surface area contributed by atoms with Crippen molar-refractivity contribution in [3.63, 3.8) is 0 Å². The van der Waals surface area contributed by atoms with E-state index in [1.807, 2.05) is 4.90 Å². The molecule has 0 saturated carbocycles. The molecule has 3 heteroatoms. The maximum atomic E-state index is 12.1. The van der Waals surface area contributed by atoms with Gasteiger partial charge in [-0.2, -0.15) is 0 Å². The molecule has 0 amide bonds. The van der Waals surface area contributed by atoms with Crippen LogP contribution in [0.25, 0.3) is 0 Å². The molecule has 1 nitrogen and oxygen atoms in total. The summed E-state index contributed by atoms with van der Waals surface area (Å²) in [7, 11) is 0. The van der Waals surface area contributed by atoms with E-state index in [0.717, 1.165) is 25.9 Å². The molecular formula is C10H19F2N. The summed E-state index contributed by atoms with van der Waals surface area (Å²) in [5.74, 6) is 0. The molecule has 0 aliphatic carbocycles. The summed E-state index contributed by atoms with van der Waals surface area (Å²) in [6.45, 7) is 5.99. The van der Waals surface area contributed by atoms with Gasteiger partial charge >= 0.3 is 0 Å². The zero-order chi connectivity index (χ0) is 9.90. The van der Waals surface area contributed by atoms with Gasteiger partial charge in [0.15, 0.2) is 0 Å². The average molecular weight is 191 g/mol. The fourth-order valence-corrected chi connectivity index (χ4v) is 2.07. The van der Waals surface area contributed by atoms with Crippen molar-refractivity contribution in [1.29, 1.82) is 0 Å². The van der Waals surface area contributed by atoms with Gasteiger partial charge in [-0.25, -0.2) is 8.78 Å². The second kappa shape index (κ2) is 4.36. The number of piperidine rings is 1. The number of hydrogen-bond donors (Lipinski definition) is 0. The van der Waals surface area contributed by atoms with Gasteiger partial charge in [-0.1, -0.05) is 13.8 Å². The van der Waals surface area contributed by atoms with Gasteiger partial charge in [-0.15, -0.1) is 0 Å². The number of halogens is 2. The smallest absolute Gasteiger partial charge is 0.251 e. The Hall–Kier alpha value is -0.180. The quantitative estimate of drug-likeness (QED) is 0.663. The number of rotatable bonds is 3. The average Bonchev–Trinajstić information content (AvgIpc) is 2.03. The first-order chi connectivity index (χ1) is 6.06. The lowest BCUT2D eigenvalue weighted by molar-refractivity contribution is 0.0371. The first-order valence-electron chi connectivity index (χ1n) is 5.06. The highest BCUT2D eigenvalue weighted by molar-refractivity contribution is 4.82. The monoisotopic (exact) mass is 191 g/mol. The third kappa shape index (κ3) is 3.22. The van der Waals surface area contributed by atoms with Gasteiger partial charge in [0.1, 0.15) is 0 Å². The lowest BCUT2D eigenvalue weighted by Gasteiger charge is -2.39. The van der Waals surface area contributed by atoms with Crippen molar-refractivity contribution in [3.8, 4) is 0 Å². The molecule has 0 N–H and O–H groups in total. The Bertz CT molecular complexity index is 161. The van der Waals surface area contributed by atoms with Gasteiger partial charge in [-0.3, -0.25) is 4.90 Å². The van der Waals surface area contributed by atoms with E-state index in [2.05, 4.69) is 13.8 Å². The standard InChI is InChI=1S/C10H19F2N/c1-3-10(2)5-4-6-13(8-10)7-9(11)12/h9H,3-8H2,1-2H3. The van der Waals surface area contributed by atoms with Crippen molar-refractivity contribution in [1.82, 2.24) is 4.90 Å². The predicted molar refractivity (Wildman–Crippen MR) is 50.1 cm³/mol. The Morgan fingerprint density at radius 1 is 1.46 bits per heavy atom. The van der Waals surface area contributed by atoms with Gasteiger partial charge in [0.2, 0.25) is 0 Å². The van der Waals surface area contributed by atoms with Crippen LogP contribution in [0.4, 0.5) is 8.78 Å². The molecule has 0 bridgehead atoms. The van der Waals surface area contributed by atoms with E-state index >= 15 is 0 Å². The number of hydrogen-bond acceptors (Lipinski definition) is 1. The summed E-state index contributed by atoms with van der Waals surface area (Å²) in [6, 6.07) is 0. The predicted octanol–water partition coefficient (Wildman–Crippen LogP) is 2.76. The van der Waals surface area contributed by atoms with Crippen molar-refractivity contribution >= 4 is 0 Å². The summed E-state index contributed by atoms with van der Waals surface area (Å²) in [5, 5.41) is 0. The number of nitrogens with zero attached hydrogens (tertiary/aromatic N) is 1. The van der Waals surface area contributed by atoms with Gasteiger partial charge in [0.25, 0.3) is 6.43 Å². The van der Waals surface area contributed by atoms with Crippen LogP contribution in [0.15, 0.2) is 0 Å². The van der Waals surface area contributed by atoms with Crippen LogP contribution < -0.4 is 0 Å². The number of alkyl halides is 2. The molecule has 13 heavy (non-hydrogen) atoms. The SMILES string of the molecule is CCC1(C)CCCN(CC(F)F)C1. The van der Waals surface area contributed by atoms with Crippen molar-refractivity contribution < 1.29 is 8.78 Å². The zero-order valence-corrected chi connectivity index (χ0v) is 8.52. The molecule has 0 aromatic rings. The summed E-state index contributed by atoms with van der Waals surface area (Å²) in [4.78, 5) is 1.90. The molecule has 0 aromatic heterocycles. The van der Waals surface area contributed by atoms with Crippen LogP contribution in [0.1, 0.15) is 33.1 Å². The third-order valence-corrected chi connectivity index (χ3v) is 3.11. The van der Waals surface area contributed by atoms with Crippen molar-refractivity contribution in [2.45, 2.75) is 39.5 Å². The molecule has 0 radical (unpaired) electrons. The number of likely N-dealkylation sites (tertiary alicyclic amines) is 1. The van der Waals surface area contributed by atoms with Crippen LogP contribution in [0, 0.1) is 5.41 Å². The maximum Gasteiger partial charge on any atom is 0.251 e. The molecule has 1 aliphatic heterocycles. The fourth-order valence-electron chi connectivity index (χ4n) is 2.07. The van der Waals surface area contributed by atoms with Crippen molar-refractivity contribution in [3.05, 3.63) is 0 Å². The van der Waals surface area contributed by atoms with Crippen LogP contribution in [-0.2, 0) is 0 Å². The van der Waals surface area contributed by atoms with E-state index < -0.39 is 6.43 Å². The Labute approximate surface area is 79.1 Å². The summed E-state index contributed by atoms with van der Waals surface area (Å²) < 4.78 is 24.3. The van der Waals surface area contributed by atoms with E-state index in [4.69, 9.17) is 0 Å². The van der Waals surface area contributed by atoms with Gasteiger partial charge in [0.05, 0.1) is 6.54 Å². The lowest BCUT2D eigenvalue weighted by Crippen LogP contribution is -2.43. The molecule has 0 spiro atoms. The van der Waals surface area contributed by atoms with Crippen LogP contribution in [0.2, 0.25) is 0 Å². The molecule has 1 heterocycles. The highest BCUT2D eigenvalue weighted by Gasteiger charge is 2.29. The highest BCUT2D eigenvalue weighted by Crippen LogP contribution is 2.32. The van der Waals surface area contributed by atoms with E-state index in [-0.39, 0.29) is 12.0 Å². The van der Waals surface area contributed by atoms with E-state index in [1.165, 1.54) is 6.42 Å². The second-order valence-electron chi connectivity index (χ2n) is 4.39. The Morgan fingerprint density at radius 3 is 2.69 bits per heavy atom. The molecule has 1 saturated heterocycles. The van der Waals surface area contributed by atoms with Crippen molar-refractivity contribution in [2.24, 2.45) is 5.41 Å². The summed E-state index contributed by atoms with van der Waals surface area (Å²) in [5.41, 5.74) is 0.271. The first kappa shape index (κ1) is 10.9. The van der Waals surface area contributed by atoms with Crippen LogP contribution >= 0.6 is 0 Å². The van der Waals surface area contributed by atoms with Crippen LogP contribution in [0.5, 0.6) is 0 Å². The molecular weight excluding hydrogens is 172 g/mol. The third-order valence-electron chi connectivity index (χ3n) is 3.11. The van der Waals surface area contributed by atoms with E-state index in [1.54, 1.807) is 0 Å². The summed E-state index contributed by atoms with van der Waals surface area (Å²) >= 11 is 0. The molecule has 1 atom stereocenters. The van der Waals surface area contributed by atoms with Crippen molar-refractivity contribution in [2.75, 3.05) is 19.6 Å². The summed E-state index contributed by atoms with van der Waals surface area (Å²) in [6.07, 6.45) is 1.16.